The molecule has 2 saturated heterocycles. The molecule has 0 spiro atoms. The Balaban J connectivity index is 1.71. The number of nitrogens with zero attached hydrogens (tertiary/aromatic N) is 3. The molecule has 0 bridgehead atoms. The number of piperazine rings is 1. The molecule has 0 radical (unpaired) electrons. The summed E-state index contributed by atoms with van der Waals surface area (Å²) in [5.74, 6) is 5.72. The fourth-order valence-electron chi connectivity index (χ4n) is 2.21. The fourth-order valence-corrected chi connectivity index (χ4v) is 2.21. The lowest BCUT2D eigenvalue weighted by molar-refractivity contribution is -0.0410. The van der Waals surface area contributed by atoms with Crippen LogP contribution in [0.3, 0.4) is 0 Å². The molecule has 1 atom stereocenters. The van der Waals surface area contributed by atoms with Crippen LogP contribution in [0.4, 0.5) is 0 Å². The Morgan fingerprint density at radius 1 is 1.20 bits per heavy atom. The number of hydrazine groups is 1. The van der Waals surface area contributed by atoms with Crippen LogP contribution in [0.1, 0.15) is 0 Å². The van der Waals surface area contributed by atoms with E-state index in [1.54, 1.807) is 0 Å². The maximum atomic E-state index is 5.75. The van der Waals surface area contributed by atoms with Crippen molar-refractivity contribution in [3.05, 3.63) is 0 Å². The molecule has 0 amide bonds. The molecule has 88 valence electrons. The second-order valence-electron chi connectivity index (χ2n) is 4.59. The molecular formula is C10H22N4O. The zero-order chi connectivity index (χ0) is 10.7. The van der Waals surface area contributed by atoms with Crippen LogP contribution < -0.4 is 5.84 Å². The number of hydrogen-bond acceptors (Lipinski definition) is 5. The summed E-state index contributed by atoms with van der Waals surface area (Å²) in [5, 5.41) is 1.89. The Kier molecular flexibility index (Phi) is 3.93. The first-order chi connectivity index (χ1) is 7.24. The number of hydrogen-bond donors (Lipinski definition) is 1. The van der Waals surface area contributed by atoms with Crippen molar-refractivity contribution >= 4 is 0 Å². The Labute approximate surface area is 91.7 Å². The minimum atomic E-state index is 0.382. The molecule has 0 aromatic heterocycles. The summed E-state index contributed by atoms with van der Waals surface area (Å²) in [4.78, 5) is 4.79. The predicted octanol–water partition coefficient (Wildman–Crippen LogP) is -1.19. The van der Waals surface area contributed by atoms with Crippen molar-refractivity contribution in [1.82, 2.24) is 14.8 Å². The number of nitrogens with two attached hydrogens (primary N) is 1. The quantitative estimate of drug-likeness (QED) is 0.586. The highest BCUT2D eigenvalue weighted by Gasteiger charge is 2.22. The van der Waals surface area contributed by atoms with Crippen LogP contribution in [0.15, 0.2) is 0 Å². The van der Waals surface area contributed by atoms with Gasteiger partial charge in [-0.05, 0) is 7.05 Å². The predicted molar refractivity (Wildman–Crippen MR) is 59.4 cm³/mol. The molecule has 5 heteroatoms. The molecule has 2 heterocycles. The Morgan fingerprint density at radius 3 is 2.60 bits per heavy atom. The molecule has 0 aromatic rings. The highest BCUT2D eigenvalue weighted by Crippen LogP contribution is 2.06. The lowest BCUT2D eigenvalue weighted by atomic mass is 10.2. The van der Waals surface area contributed by atoms with Crippen molar-refractivity contribution in [1.29, 1.82) is 0 Å². The molecule has 15 heavy (non-hydrogen) atoms. The number of ether oxygens (including phenoxy) is 1. The number of morpholine rings is 1. The van der Waals surface area contributed by atoms with Gasteiger partial charge in [-0.1, -0.05) is 0 Å². The second kappa shape index (κ2) is 5.23. The summed E-state index contributed by atoms with van der Waals surface area (Å²) < 4.78 is 5.75. The molecule has 2 rings (SSSR count). The van der Waals surface area contributed by atoms with E-state index in [0.717, 1.165) is 52.4 Å². The van der Waals surface area contributed by atoms with Gasteiger partial charge in [0.25, 0.3) is 0 Å². The molecule has 0 aromatic carbocycles. The largest absolute Gasteiger partial charge is 0.374 e. The Morgan fingerprint density at radius 2 is 1.93 bits per heavy atom. The monoisotopic (exact) mass is 214 g/mol. The van der Waals surface area contributed by atoms with Gasteiger partial charge in [-0.3, -0.25) is 10.7 Å². The molecular weight excluding hydrogens is 192 g/mol. The first-order valence-corrected chi connectivity index (χ1v) is 5.76. The Hall–Kier alpha value is -0.200. The van der Waals surface area contributed by atoms with Gasteiger partial charge in [0.05, 0.1) is 12.7 Å². The van der Waals surface area contributed by atoms with Gasteiger partial charge in [0, 0.05) is 45.8 Å². The van der Waals surface area contributed by atoms with E-state index in [4.69, 9.17) is 10.6 Å². The van der Waals surface area contributed by atoms with Crippen LogP contribution in [0.25, 0.3) is 0 Å². The Bertz CT molecular complexity index is 194. The van der Waals surface area contributed by atoms with E-state index in [1.165, 1.54) is 0 Å². The molecule has 5 nitrogen and oxygen atoms in total. The molecule has 0 aliphatic carbocycles. The fraction of sp³-hybridized carbons (Fsp3) is 1.00. The van der Waals surface area contributed by atoms with Crippen LogP contribution in [0, 0.1) is 0 Å². The van der Waals surface area contributed by atoms with Crippen molar-refractivity contribution < 1.29 is 4.74 Å². The van der Waals surface area contributed by atoms with E-state index in [-0.39, 0.29) is 0 Å². The third kappa shape index (κ3) is 3.39. The van der Waals surface area contributed by atoms with Crippen molar-refractivity contribution in [3.63, 3.8) is 0 Å². The van der Waals surface area contributed by atoms with Crippen molar-refractivity contribution in [2.45, 2.75) is 6.10 Å². The summed E-state index contributed by atoms with van der Waals surface area (Å²) in [5.41, 5.74) is 0. The lowest BCUT2D eigenvalue weighted by Gasteiger charge is -2.37. The minimum Gasteiger partial charge on any atom is -0.374 e. The minimum absolute atomic E-state index is 0.382. The van der Waals surface area contributed by atoms with Gasteiger partial charge in [-0.15, -0.1) is 0 Å². The molecule has 1 unspecified atom stereocenters. The normalized spacial score (nSPS) is 32.0. The lowest BCUT2D eigenvalue weighted by Crippen LogP contribution is -2.53. The first kappa shape index (κ1) is 11.3. The zero-order valence-electron chi connectivity index (χ0n) is 9.56. The van der Waals surface area contributed by atoms with Crippen LogP contribution >= 0.6 is 0 Å². The van der Waals surface area contributed by atoms with E-state index in [1.807, 2.05) is 5.01 Å². The summed E-state index contributed by atoms with van der Waals surface area (Å²) in [6.45, 7) is 8.14. The van der Waals surface area contributed by atoms with E-state index in [0.29, 0.717) is 6.10 Å². The number of likely N-dealkylation sites (N-methyl/N-ethyl adjacent to an activating group) is 1. The topological polar surface area (TPSA) is 45.0 Å². The van der Waals surface area contributed by atoms with Gasteiger partial charge in [0.1, 0.15) is 0 Å². The van der Waals surface area contributed by atoms with Gasteiger partial charge in [-0.25, -0.2) is 5.01 Å². The summed E-state index contributed by atoms with van der Waals surface area (Å²) >= 11 is 0. The van der Waals surface area contributed by atoms with E-state index in [9.17, 15) is 0 Å². The van der Waals surface area contributed by atoms with Gasteiger partial charge < -0.3 is 9.64 Å². The third-order valence-corrected chi connectivity index (χ3v) is 3.21. The molecule has 2 aliphatic heterocycles. The number of rotatable bonds is 2. The van der Waals surface area contributed by atoms with E-state index >= 15 is 0 Å². The molecule has 2 fully saturated rings. The van der Waals surface area contributed by atoms with Crippen LogP contribution in [-0.2, 0) is 4.74 Å². The first-order valence-electron chi connectivity index (χ1n) is 5.76. The smallest absolute Gasteiger partial charge is 0.0829 e. The average molecular weight is 214 g/mol. The van der Waals surface area contributed by atoms with Gasteiger partial charge in [0.15, 0.2) is 0 Å². The van der Waals surface area contributed by atoms with Crippen molar-refractivity contribution in [3.8, 4) is 0 Å². The SMILES string of the molecule is CN1CCOC(CN2CCN(N)CC2)C1. The molecule has 0 saturated carbocycles. The van der Waals surface area contributed by atoms with Crippen molar-refractivity contribution in [2.24, 2.45) is 5.84 Å². The third-order valence-electron chi connectivity index (χ3n) is 3.21. The summed E-state index contributed by atoms with van der Waals surface area (Å²) in [6.07, 6.45) is 0.382. The standard InChI is InChI=1S/C10H22N4O/c1-12-6-7-15-10(8-12)9-13-2-4-14(11)5-3-13/h10H,2-9,11H2,1H3. The maximum absolute atomic E-state index is 5.75. The highest BCUT2D eigenvalue weighted by atomic mass is 16.5. The van der Waals surface area contributed by atoms with Crippen LogP contribution in [0.2, 0.25) is 0 Å². The summed E-state index contributed by atoms with van der Waals surface area (Å²) in [7, 11) is 2.16. The van der Waals surface area contributed by atoms with Crippen molar-refractivity contribution in [2.75, 3.05) is 59.5 Å². The molecule has 2 N–H and O–H groups in total. The maximum Gasteiger partial charge on any atom is 0.0829 e. The van der Waals surface area contributed by atoms with Crippen LogP contribution in [0.5, 0.6) is 0 Å². The van der Waals surface area contributed by atoms with E-state index in [2.05, 4.69) is 16.8 Å². The molecule has 2 aliphatic rings. The average Bonchev–Trinajstić information content (AvgIpc) is 2.22. The van der Waals surface area contributed by atoms with Gasteiger partial charge in [-0.2, -0.15) is 0 Å². The summed E-state index contributed by atoms with van der Waals surface area (Å²) in [6, 6.07) is 0. The van der Waals surface area contributed by atoms with Gasteiger partial charge in [0.2, 0.25) is 0 Å². The zero-order valence-corrected chi connectivity index (χ0v) is 9.56. The van der Waals surface area contributed by atoms with Crippen LogP contribution in [-0.4, -0.2) is 80.4 Å². The second-order valence-corrected chi connectivity index (χ2v) is 4.59. The van der Waals surface area contributed by atoms with E-state index < -0.39 is 0 Å². The highest BCUT2D eigenvalue weighted by molar-refractivity contribution is 4.76. The van der Waals surface area contributed by atoms with Gasteiger partial charge >= 0.3 is 0 Å².